The molecule has 0 unspecified atom stereocenters. The summed E-state index contributed by atoms with van der Waals surface area (Å²) in [7, 11) is 0. The first-order valence-corrected chi connectivity index (χ1v) is 9.44. The highest BCUT2D eigenvalue weighted by molar-refractivity contribution is 5.94. The molecule has 0 spiro atoms. The number of hydrogen-bond acceptors (Lipinski definition) is 4. The summed E-state index contributed by atoms with van der Waals surface area (Å²) in [6.45, 7) is 2.09. The van der Waals surface area contributed by atoms with Crippen molar-refractivity contribution in [3.63, 3.8) is 0 Å². The number of piperidine rings is 1. The molecule has 6 nitrogen and oxygen atoms in total. The molecule has 0 aliphatic carbocycles. The standard InChI is InChI=1S/C22H21N5O/c23-13-17-4-1-6-19(12-17)22(28)27-10-3-7-20(16-27)21-25-9-11-26(21)15-18-5-2-8-24-14-18/h1-2,4-6,8-9,11-12,14,20H,3,7,10,15-16H2/t20-/m1/s1. The van der Waals surface area contributed by atoms with Crippen LogP contribution in [0.15, 0.2) is 61.2 Å². The predicted octanol–water partition coefficient (Wildman–Crippen LogP) is 3.22. The summed E-state index contributed by atoms with van der Waals surface area (Å²) in [6.07, 6.45) is 9.38. The van der Waals surface area contributed by atoms with Gasteiger partial charge in [-0.1, -0.05) is 12.1 Å². The molecule has 140 valence electrons. The number of nitrogens with zero attached hydrogens (tertiary/aromatic N) is 5. The lowest BCUT2D eigenvalue weighted by Crippen LogP contribution is -2.39. The average molecular weight is 371 g/mol. The third-order valence-corrected chi connectivity index (χ3v) is 5.14. The summed E-state index contributed by atoms with van der Waals surface area (Å²) in [4.78, 5) is 23.6. The number of benzene rings is 1. The van der Waals surface area contributed by atoms with E-state index in [2.05, 4.69) is 26.7 Å². The van der Waals surface area contributed by atoms with Gasteiger partial charge >= 0.3 is 0 Å². The molecule has 2 aromatic heterocycles. The Kier molecular flexibility index (Phi) is 5.16. The molecule has 0 bridgehead atoms. The quantitative estimate of drug-likeness (QED) is 0.706. The Hall–Kier alpha value is -3.46. The van der Waals surface area contributed by atoms with Crippen molar-refractivity contribution in [3.05, 3.63) is 83.7 Å². The normalized spacial score (nSPS) is 16.5. The van der Waals surface area contributed by atoms with Crippen molar-refractivity contribution in [2.24, 2.45) is 0 Å². The van der Waals surface area contributed by atoms with Crippen LogP contribution < -0.4 is 0 Å². The van der Waals surface area contributed by atoms with Gasteiger partial charge in [-0.2, -0.15) is 5.26 Å². The van der Waals surface area contributed by atoms with Gasteiger partial charge in [0, 0.05) is 49.4 Å². The Morgan fingerprint density at radius 1 is 1.25 bits per heavy atom. The van der Waals surface area contributed by atoms with Crippen LogP contribution in [0.2, 0.25) is 0 Å². The Labute approximate surface area is 164 Å². The van der Waals surface area contributed by atoms with E-state index in [0.29, 0.717) is 17.7 Å². The van der Waals surface area contributed by atoms with Crippen molar-refractivity contribution in [1.29, 1.82) is 5.26 Å². The van der Waals surface area contributed by atoms with Gasteiger partial charge < -0.3 is 9.47 Å². The van der Waals surface area contributed by atoms with Crippen LogP contribution in [0, 0.1) is 11.3 Å². The fourth-order valence-corrected chi connectivity index (χ4v) is 3.78. The molecule has 6 heteroatoms. The number of pyridine rings is 1. The SMILES string of the molecule is N#Cc1cccc(C(=O)N2CCC[C@@H](c3nccn3Cc3cccnc3)C2)c1. The van der Waals surface area contributed by atoms with Crippen molar-refractivity contribution >= 4 is 5.91 Å². The van der Waals surface area contributed by atoms with E-state index in [-0.39, 0.29) is 11.8 Å². The van der Waals surface area contributed by atoms with Gasteiger partial charge in [0.25, 0.3) is 5.91 Å². The number of nitriles is 1. The van der Waals surface area contributed by atoms with Crippen LogP contribution in [0.1, 0.15) is 46.1 Å². The van der Waals surface area contributed by atoms with Crippen LogP contribution in [-0.2, 0) is 6.54 Å². The lowest BCUT2D eigenvalue weighted by molar-refractivity contribution is 0.0703. The van der Waals surface area contributed by atoms with Gasteiger partial charge in [0.1, 0.15) is 5.82 Å². The Balaban J connectivity index is 1.51. The summed E-state index contributed by atoms with van der Waals surface area (Å²) < 4.78 is 2.14. The second-order valence-corrected chi connectivity index (χ2v) is 7.06. The largest absolute Gasteiger partial charge is 0.338 e. The van der Waals surface area contributed by atoms with Gasteiger partial charge in [-0.15, -0.1) is 0 Å². The first-order valence-electron chi connectivity index (χ1n) is 9.44. The van der Waals surface area contributed by atoms with Crippen LogP contribution in [0.25, 0.3) is 0 Å². The van der Waals surface area contributed by atoms with Crippen LogP contribution in [0.3, 0.4) is 0 Å². The van der Waals surface area contributed by atoms with Gasteiger partial charge in [-0.3, -0.25) is 9.78 Å². The number of imidazole rings is 1. The number of likely N-dealkylation sites (tertiary alicyclic amines) is 1. The van der Waals surface area contributed by atoms with Gasteiger partial charge in [0.2, 0.25) is 0 Å². The monoisotopic (exact) mass is 371 g/mol. The third-order valence-electron chi connectivity index (χ3n) is 5.14. The van der Waals surface area contributed by atoms with Crippen molar-refractivity contribution in [2.75, 3.05) is 13.1 Å². The zero-order valence-corrected chi connectivity index (χ0v) is 15.5. The second kappa shape index (κ2) is 8.05. The number of carbonyl (C=O) groups excluding carboxylic acids is 1. The lowest BCUT2D eigenvalue weighted by atomic mass is 9.96. The minimum atomic E-state index is -0.0211. The van der Waals surface area contributed by atoms with Crippen LogP contribution in [0.5, 0.6) is 0 Å². The molecular weight excluding hydrogens is 350 g/mol. The molecule has 1 aliphatic heterocycles. The van der Waals surface area contributed by atoms with E-state index >= 15 is 0 Å². The molecule has 3 aromatic rings. The molecule has 3 heterocycles. The number of hydrogen-bond donors (Lipinski definition) is 0. The highest BCUT2D eigenvalue weighted by atomic mass is 16.2. The molecule has 1 amide bonds. The Morgan fingerprint density at radius 2 is 2.18 bits per heavy atom. The molecule has 0 radical (unpaired) electrons. The topological polar surface area (TPSA) is 74.8 Å². The van der Waals surface area contributed by atoms with E-state index in [0.717, 1.165) is 37.3 Å². The number of rotatable bonds is 4. The lowest BCUT2D eigenvalue weighted by Gasteiger charge is -2.33. The second-order valence-electron chi connectivity index (χ2n) is 7.06. The van der Waals surface area contributed by atoms with Gasteiger partial charge in [-0.25, -0.2) is 4.98 Å². The highest BCUT2D eigenvalue weighted by Gasteiger charge is 2.28. The molecule has 1 aliphatic rings. The van der Waals surface area contributed by atoms with E-state index in [1.165, 1.54) is 0 Å². The van der Waals surface area contributed by atoms with Gasteiger partial charge in [-0.05, 0) is 42.7 Å². The first kappa shape index (κ1) is 17.9. The minimum absolute atomic E-state index is 0.0211. The number of amides is 1. The molecule has 4 rings (SSSR count). The smallest absolute Gasteiger partial charge is 0.253 e. The summed E-state index contributed by atoms with van der Waals surface area (Å²) in [6, 6.07) is 13.0. The zero-order chi connectivity index (χ0) is 19.3. The average Bonchev–Trinajstić information content (AvgIpc) is 3.22. The van der Waals surface area contributed by atoms with Crippen molar-refractivity contribution in [1.82, 2.24) is 19.4 Å². The molecule has 1 aromatic carbocycles. The predicted molar refractivity (Wildman–Crippen MR) is 105 cm³/mol. The summed E-state index contributed by atoms with van der Waals surface area (Å²) in [5.74, 6) is 1.18. The van der Waals surface area contributed by atoms with Crippen molar-refractivity contribution in [3.8, 4) is 6.07 Å². The highest BCUT2D eigenvalue weighted by Crippen LogP contribution is 2.27. The minimum Gasteiger partial charge on any atom is -0.338 e. The molecule has 0 saturated carbocycles. The zero-order valence-electron chi connectivity index (χ0n) is 15.5. The number of carbonyl (C=O) groups is 1. The van der Waals surface area contributed by atoms with Crippen molar-refractivity contribution in [2.45, 2.75) is 25.3 Å². The Morgan fingerprint density at radius 3 is 3.00 bits per heavy atom. The molecular formula is C22H21N5O. The fraction of sp³-hybridized carbons (Fsp3) is 0.273. The van der Waals surface area contributed by atoms with Crippen molar-refractivity contribution < 1.29 is 4.79 Å². The van der Waals surface area contributed by atoms with Gasteiger partial charge in [0.15, 0.2) is 0 Å². The molecule has 1 saturated heterocycles. The summed E-state index contributed by atoms with van der Waals surface area (Å²) >= 11 is 0. The summed E-state index contributed by atoms with van der Waals surface area (Å²) in [5, 5.41) is 9.08. The third kappa shape index (κ3) is 3.79. The van der Waals surface area contributed by atoms with E-state index in [1.54, 1.807) is 30.5 Å². The van der Waals surface area contributed by atoms with E-state index < -0.39 is 0 Å². The Bertz CT molecular complexity index is 1010. The van der Waals surface area contributed by atoms with Crippen LogP contribution >= 0.6 is 0 Å². The maximum atomic E-state index is 12.9. The maximum absolute atomic E-state index is 12.9. The van der Waals surface area contributed by atoms with E-state index in [4.69, 9.17) is 5.26 Å². The molecule has 1 fully saturated rings. The van der Waals surface area contributed by atoms with E-state index in [9.17, 15) is 4.79 Å². The van der Waals surface area contributed by atoms with Gasteiger partial charge in [0.05, 0.1) is 18.2 Å². The molecule has 1 atom stereocenters. The van der Waals surface area contributed by atoms with Crippen LogP contribution in [-0.4, -0.2) is 38.4 Å². The fourth-order valence-electron chi connectivity index (χ4n) is 3.78. The summed E-state index contributed by atoms with van der Waals surface area (Å²) in [5.41, 5.74) is 2.20. The molecule has 28 heavy (non-hydrogen) atoms. The number of aromatic nitrogens is 3. The maximum Gasteiger partial charge on any atom is 0.253 e. The van der Waals surface area contributed by atoms with E-state index in [1.807, 2.05) is 29.6 Å². The molecule has 0 N–H and O–H groups in total. The van der Waals surface area contributed by atoms with Crippen LogP contribution in [0.4, 0.5) is 0 Å². The first-order chi connectivity index (χ1) is 13.7.